The Morgan fingerprint density at radius 3 is 2.47 bits per heavy atom. The highest BCUT2D eigenvalue weighted by molar-refractivity contribution is 5.97. The molecule has 4 rings (SSSR count). The van der Waals surface area contributed by atoms with Crippen LogP contribution < -0.4 is 16.6 Å². The first-order valence-corrected chi connectivity index (χ1v) is 12.4. The third-order valence-corrected chi connectivity index (χ3v) is 6.20. The standard InChI is InChI=1S/C28H30F2N6O2/c1-4-5-7-17-10-11-18(26(31)38)16-20(17)24-19-12-13-23(37)36(25-21(29)8-6-9-22(25)30)27(19)34-28(33-24)32-14-15-35(2)3/h6,8-13,16H,4-5,7,14-15H2,1-3H3,(H2,31,38)(H,32,33,34). The van der Waals surface area contributed by atoms with E-state index in [2.05, 4.69) is 17.2 Å². The zero-order chi connectivity index (χ0) is 27.4. The lowest BCUT2D eigenvalue weighted by atomic mass is 9.95. The predicted molar refractivity (Wildman–Crippen MR) is 145 cm³/mol. The van der Waals surface area contributed by atoms with Gasteiger partial charge in [-0.25, -0.2) is 13.8 Å². The Balaban J connectivity index is 2.07. The summed E-state index contributed by atoms with van der Waals surface area (Å²) in [6.45, 7) is 3.22. The summed E-state index contributed by atoms with van der Waals surface area (Å²) in [6.07, 6.45) is 2.55. The number of rotatable bonds is 10. The number of pyridine rings is 1. The molecule has 0 fully saturated rings. The Labute approximate surface area is 219 Å². The van der Waals surface area contributed by atoms with E-state index in [9.17, 15) is 18.4 Å². The molecule has 0 aliphatic rings. The lowest BCUT2D eigenvalue weighted by Crippen LogP contribution is -2.23. The van der Waals surface area contributed by atoms with Gasteiger partial charge in [0.05, 0.1) is 5.69 Å². The molecule has 38 heavy (non-hydrogen) atoms. The molecule has 1 amide bonds. The number of carbonyl (C=O) groups excluding carboxylic acids is 1. The number of amides is 1. The van der Waals surface area contributed by atoms with Crippen molar-refractivity contribution in [2.45, 2.75) is 26.2 Å². The lowest BCUT2D eigenvalue weighted by molar-refractivity contribution is 0.100. The fourth-order valence-electron chi connectivity index (χ4n) is 4.24. The first-order chi connectivity index (χ1) is 18.2. The monoisotopic (exact) mass is 520 g/mol. The number of nitrogens with two attached hydrogens (primary N) is 1. The number of carbonyl (C=O) groups is 1. The molecule has 0 spiro atoms. The van der Waals surface area contributed by atoms with Gasteiger partial charge in [0.15, 0.2) is 5.65 Å². The zero-order valence-corrected chi connectivity index (χ0v) is 21.6. The second-order valence-electron chi connectivity index (χ2n) is 9.28. The number of fused-ring (bicyclic) bond motifs is 1. The van der Waals surface area contributed by atoms with Gasteiger partial charge in [0.2, 0.25) is 11.9 Å². The van der Waals surface area contributed by atoms with Crippen LogP contribution in [0.3, 0.4) is 0 Å². The van der Waals surface area contributed by atoms with Crippen LogP contribution in [0.2, 0.25) is 0 Å². The van der Waals surface area contributed by atoms with E-state index in [1.807, 2.05) is 25.1 Å². The molecule has 10 heteroatoms. The Morgan fingerprint density at radius 1 is 1.08 bits per heavy atom. The molecule has 0 aliphatic heterocycles. The highest BCUT2D eigenvalue weighted by Gasteiger charge is 2.21. The SMILES string of the molecule is CCCCc1ccc(C(N)=O)cc1-c1nc(NCCN(C)C)nc2c1ccc(=O)n2-c1c(F)cccc1F. The van der Waals surface area contributed by atoms with E-state index in [0.717, 1.165) is 35.1 Å². The van der Waals surface area contributed by atoms with E-state index in [0.29, 0.717) is 41.7 Å². The van der Waals surface area contributed by atoms with Crippen LogP contribution in [0.4, 0.5) is 14.7 Å². The third kappa shape index (κ3) is 5.55. The number of unbranched alkanes of at least 4 members (excludes halogenated alkanes) is 1. The molecule has 0 saturated carbocycles. The number of primary amides is 1. The number of aryl methyl sites for hydroxylation is 1. The first kappa shape index (κ1) is 26.9. The van der Waals surface area contributed by atoms with Crippen LogP contribution in [0.5, 0.6) is 0 Å². The maximum atomic E-state index is 14.9. The van der Waals surface area contributed by atoms with Crippen molar-refractivity contribution in [1.29, 1.82) is 0 Å². The summed E-state index contributed by atoms with van der Waals surface area (Å²) in [7, 11) is 3.84. The maximum Gasteiger partial charge on any atom is 0.256 e. The van der Waals surface area contributed by atoms with E-state index in [-0.39, 0.29) is 11.6 Å². The quantitative estimate of drug-likeness (QED) is 0.326. The fraction of sp³-hybridized carbons (Fsp3) is 0.286. The topological polar surface area (TPSA) is 106 Å². The fourth-order valence-corrected chi connectivity index (χ4v) is 4.24. The maximum absolute atomic E-state index is 14.9. The number of halogens is 2. The molecule has 0 unspecified atom stereocenters. The van der Waals surface area contributed by atoms with E-state index in [4.69, 9.17) is 10.7 Å². The van der Waals surface area contributed by atoms with Crippen molar-refractivity contribution in [3.8, 4) is 16.9 Å². The van der Waals surface area contributed by atoms with Crippen LogP contribution in [-0.4, -0.2) is 52.5 Å². The Morgan fingerprint density at radius 2 is 1.82 bits per heavy atom. The van der Waals surface area contributed by atoms with E-state index in [1.54, 1.807) is 12.1 Å². The van der Waals surface area contributed by atoms with Gasteiger partial charge < -0.3 is 16.0 Å². The number of anilines is 1. The molecule has 0 atom stereocenters. The minimum Gasteiger partial charge on any atom is -0.366 e. The summed E-state index contributed by atoms with van der Waals surface area (Å²) in [4.78, 5) is 36.3. The average molecular weight is 521 g/mol. The normalized spacial score (nSPS) is 11.3. The highest BCUT2D eigenvalue weighted by atomic mass is 19.1. The number of nitrogens with one attached hydrogen (secondary N) is 1. The summed E-state index contributed by atoms with van der Waals surface area (Å²) in [5, 5.41) is 3.54. The van der Waals surface area contributed by atoms with Crippen LogP contribution in [0.1, 0.15) is 35.7 Å². The molecular formula is C28H30F2N6O2. The van der Waals surface area contributed by atoms with Crippen molar-refractivity contribution in [3.63, 3.8) is 0 Å². The third-order valence-electron chi connectivity index (χ3n) is 6.20. The van der Waals surface area contributed by atoms with Crippen molar-refractivity contribution in [2.75, 3.05) is 32.5 Å². The Kier molecular flexibility index (Phi) is 8.11. The molecule has 0 bridgehead atoms. The number of nitrogens with zero attached hydrogens (tertiary/aromatic N) is 4. The molecule has 4 aromatic rings. The molecule has 2 aromatic carbocycles. The molecule has 3 N–H and O–H groups in total. The van der Waals surface area contributed by atoms with Crippen LogP contribution in [-0.2, 0) is 6.42 Å². The number of hydrogen-bond donors (Lipinski definition) is 2. The van der Waals surface area contributed by atoms with Gasteiger partial charge in [0, 0.05) is 35.7 Å². The van der Waals surface area contributed by atoms with Gasteiger partial charge in [0.1, 0.15) is 17.3 Å². The second-order valence-corrected chi connectivity index (χ2v) is 9.28. The molecule has 0 radical (unpaired) electrons. The summed E-state index contributed by atoms with van der Waals surface area (Å²) < 4.78 is 30.7. The van der Waals surface area contributed by atoms with Crippen molar-refractivity contribution in [3.05, 3.63) is 81.6 Å². The van der Waals surface area contributed by atoms with Crippen LogP contribution in [0.25, 0.3) is 28.0 Å². The molecular weight excluding hydrogens is 490 g/mol. The van der Waals surface area contributed by atoms with Crippen molar-refractivity contribution in [1.82, 2.24) is 19.4 Å². The number of likely N-dealkylation sites (N-methyl/N-ethyl adjacent to an activating group) is 1. The van der Waals surface area contributed by atoms with Crippen LogP contribution in [0, 0.1) is 11.6 Å². The molecule has 0 saturated heterocycles. The van der Waals surface area contributed by atoms with Gasteiger partial charge in [-0.05, 0) is 62.8 Å². The van der Waals surface area contributed by atoms with Gasteiger partial charge in [-0.1, -0.05) is 25.5 Å². The van der Waals surface area contributed by atoms with E-state index < -0.39 is 28.8 Å². The molecule has 8 nitrogen and oxygen atoms in total. The number of para-hydroxylation sites is 1. The van der Waals surface area contributed by atoms with Gasteiger partial charge in [0.25, 0.3) is 5.56 Å². The smallest absolute Gasteiger partial charge is 0.256 e. The van der Waals surface area contributed by atoms with E-state index >= 15 is 0 Å². The summed E-state index contributed by atoms with van der Waals surface area (Å²) in [5.74, 6) is -2.22. The number of benzene rings is 2. The van der Waals surface area contributed by atoms with Crippen LogP contribution in [0.15, 0.2) is 53.3 Å². The summed E-state index contributed by atoms with van der Waals surface area (Å²) in [5.41, 5.74) is 6.71. The van der Waals surface area contributed by atoms with Gasteiger partial charge >= 0.3 is 0 Å². The van der Waals surface area contributed by atoms with Crippen molar-refractivity contribution >= 4 is 22.9 Å². The summed E-state index contributed by atoms with van der Waals surface area (Å²) >= 11 is 0. The van der Waals surface area contributed by atoms with Gasteiger partial charge in [-0.3, -0.25) is 14.2 Å². The molecule has 0 aliphatic carbocycles. The largest absolute Gasteiger partial charge is 0.366 e. The van der Waals surface area contributed by atoms with E-state index in [1.165, 1.54) is 18.2 Å². The molecule has 2 aromatic heterocycles. The van der Waals surface area contributed by atoms with Crippen molar-refractivity contribution < 1.29 is 13.6 Å². The van der Waals surface area contributed by atoms with Gasteiger partial charge in [-0.15, -0.1) is 0 Å². The highest BCUT2D eigenvalue weighted by Crippen LogP contribution is 2.32. The lowest BCUT2D eigenvalue weighted by Gasteiger charge is -2.17. The molecule has 2 heterocycles. The first-order valence-electron chi connectivity index (χ1n) is 12.4. The number of aromatic nitrogens is 3. The Hall–Kier alpha value is -4.18. The summed E-state index contributed by atoms with van der Waals surface area (Å²) in [6, 6.07) is 11.3. The second kappa shape index (κ2) is 11.5. The van der Waals surface area contributed by atoms with Gasteiger partial charge in [-0.2, -0.15) is 4.98 Å². The Bertz CT molecular complexity index is 1530. The number of hydrogen-bond acceptors (Lipinski definition) is 6. The minimum atomic E-state index is -0.902. The van der Waals surface area contributed by atoms with Crippen molar-refractivity contribution in [2.24, 2.45) is 5.73 Å². The average Bonchev–Trinajstić information content (AvgIpc) is 2.87. The minimum absolute atomic E-state index is 0.0322. The molecule has 198 valence electrons. The predicted octanol–water partition coefficient (Wildman–Crippen LogP) is 4.14. The van der Waals surface area contributed by atoms with Crippen LogP contribution >= 0.6 is 0 Å². The zero-order valence-electron chi connectivity index (χ0n) is 21.6.